The molecule has 10 heteroatoms. The van der Waals surface area contributed by atoms with E-state index in [2.05, 4.69) is 4.99 Å². The van der Waals surface area contributed by atoms with Gasteiger partial charge in [0.1, 0.15) is 17.2 Å². The van der Waals surface area contributed by atoms with Crippen molar-refractivity contribution in [2.75, 3.05) is 37.7 Å². The Morgan fingerprint density at radius 1 is 1.03 bits per heavy atom. The van der Waals surface area contributed by atoms with Crippen LogP contribution in [0.1, 0.15) is 5.56 Å². The summed E-state index contributed by atoms with van der Waals surface area (Å²) >= 11 is 1.32. The Kier molecular flexibility index (Phi) is 6.34. The molecule has 2 aromatic carbocycles. The molecule has 4 rings (SSSR count). The maximum atomic E-state index is 12.8. The molecule has 0 aromatic heterocycles. The number of amides is 1. The van der Waals surface area contributed by atoms with Gasteiger partial charge >= 0.3 is 0 Å². The molecule has 0 radical (unpaired) electrons. The maximum Gasteiger partial charge on any atom is 0.252 e. The monoisotopic (exact) mass is 476 g/mol. The van der Waals surface area contributed by atoms with E-state index in [0.717, 1.165) is 5.56 Å². The summed E-state index contributed by atoms with van der Waals surface area (Å²) in [5.41, 5.74) is 1.44. The SMILES string of the molecule is COc1ccc(CC(=O)N=C2S[C@@H]3CS(=O)(=O)C[C@@H]3N2c2cc(OC)ccc2OC)cc1. The van der Waals surface area contributed by atoms with Crippen LogP contribution >= 0.6 is 11.8 Å². The number of ether oxygens (including phenoxy) is 3. The fourth-order valence-electron chi connectivity index (χ4n) is 3.90. The van der Waals surface area contributed by atoms with Crippen molar-refractivity contribution in [3.05, 3.63) is 48.0 Å². The quantitative estimate of drug-likeness (QED) is 0.628. The van der Waals surface area contributed by atoms with Gasteiger partial charge in [-0.3, -0.25) is 4.79 Å². The molecule has 0 unspecified atom stereocenters. The number of anilines is 1. The summed E-state index contributed by atoms with van der Waals surface area (Å²) in [4.78, 5) is 19.0. The van der Waals surface area contributed by atoms with Crippen LogP contribution in [0.2, 0.25) is 0 Å². The molecule has 32 heavy (non-hydrogen) atoms. The number of benzene rings is 2. The van der Waals surface area contributed by atoms with Gasteiger partial charge in [0.15, 0.2) is 15.0 Å². The summed E-state index contributed by atoms with van der Waals surface area (Å²) in [5.74, 6) is 1.59. The van der Waals surface area contributed by atoms with Crippen molar-refractivity contribution in [1.82, 2.24) is 0 Å². The molecule has 2 aromatic rings. The van der Waals surface area contributed by atoms with E-state index in [9.17, 15) is 13.2 Å². The molecule has 0 aliphatic carbocycles. The lowest BCUT2D eigenvalue weighted by Crippen LogP contribution is -2.38. The third kappa shape index (κ3) is 4.56. The van der Waals surface area contributed by atoms with Gasteiger partial charge in [0.2, 0.25) is 0 Å². The summed E-state index contributed by atoms with van der Waals surface area (Å²) in [5, 5.41) is 0.267. The van der Waals surface area contributed by atoms with E-state index in [1.165, 1.54) is 11.8 Å². The van der Waals surface area contributed by atoms with Crippen molar-refractivity contribution in [2.45, 2.75) is 17.7 Å². The predicted molar refractivity (Wildman–Crippen MR) is 125 cm³/mol. The molecule has 0 saturated carbocycles. The highest BCUT2D eigenvalue weighted by molar-refractivity contribution is 8.16. The maximum absolute atomic E-state index is 12.8. The number of hydrogen-bond donors (Lipinski definition) is 0. The minimum atomic E-state index is -3.18. The van der Waals surface area contributed by atoms with Gasteiger partial charge < -0.3 is 19.1 Å². The Hall–Kier alpha value is -2.72. The third-order valence-corrected chi connectivity index (χ3v) is 8.66. The van der Waals surface area contributed by atoms with E-state index in [4.69, 9.17) is 14.2 Å². The number of sulfone groups is 1. The highest BCUT2D eigenvalue weighted by Crippen LogP contribution is 2.45. The van der Waals surface area contributed by atoms with Crippen LogP contribution in [-0.4, -0.2) is 63.6 Å². The van der Waals surface area contributed by atoms with Crippen molar-refractivity contribution < 1.29 is 27.4 Å². The van der Waals surface area contributed by atoms with E-state index in [1.54, 1.807) is 51.7 Å². The molecular formula is C22H24N2O6S2. The van der Waals surface area contributed by atoms with E-state index in [1.807, 2.05) is 17.0 Å². The number of nitrogens with zero attached hydrogens (tertiary/aromatic N) is 2. The third-order valence-electron chi connectivity index (χ3n) is 5.45. The van der Waals surface area contributed by atoms with Crippen LogP contribution in [0.5, 0.6) is 17.2 Å². The highest BCUT2D eigenvalue weighted by atomic mass is 32.2. The number of methoxy groups -OCH3 is 3. The van der Waals surface area contributed by atoms with Crippen molar-refractivity contribution in [3.63, 3.8) is 0 Å². The van der Waals surface area contributed by atoms with Crippen LogP contribution in [0.4, 0.5) is 5.69 Å². The molecule has 170 valence electrons. The van der Waals surface area contributed by atoms with E-state index < -0.39 is 9.84 Å². The minimum Gasteiger partial charge on any atom is -0.497 e. The van der Waals surface area contributed by atoms with Crippen LogP contribution in [0.25, 0.3) is 0 Å². The van der Waals surface area contributed by atoms with Gasteiger partial charge in [-0.1, -0.05) is 23.9 Å². The Morgan fingerprint density at radius 2 is 1.72 bits per heavy atom. The summed E-state index contributed by atoms with van der Waals surface area (Å²) in [6.45, 7) is 0. The Labute approximate surface area is 191 Å². The number of rotatable bonds is 6. The zero-order valence-electron chi connectivity index (χ0n) is 18.0. The molecule has 2 atom stereocenters. The topological polar surface area (TPSA) is 94.5 Å². The van der Waals surface area contributed by atoms with Gasteiger partial charge in [0.25, 0.3) is 5.91 Å². The molecular weight excluding hydrogens is 452 g/mol. The molecule has 0 spiro atoms. The smallest absolute Gasteiger partial charge is 0.252 e. The van der Waals surface area contributed by atoms with Gasteiger partial charge in [-0.25, -0.2) is 8.42 Å². The highest BCUT2D eigenvalue weighted by Gasteiger charge is 2.50. The molecule has 0 bridgehead atoms. The van der Waals surface area contributed by atoms with Crippen molar-refractivity contribution in [2.24, 2.45) is 4.99 Å². The molecule has 8 nitrogen and oxygen atoms in total. The number of carbonyl (C=O) groups excluding carboxylic acids is 1. The van der Waals surface area contributed by atoms with Crippen LogP contribution in [0.15, 0.2) is 47.5 Å². The normalized spacial score (nSPS) is 22.6. The number of amidine groups is 1. The molecule has 2 fully saturated rings. The summed E-state index contributed by atoms with van der Waals surface area (Å²) in [6.07, 6.45) is 0.130. The molecule has 0 N–H and O–H groups in total. The molecule has 2 aliphatic rings. The number of fused-ring (bicyclic) bond motifs is 1. The van der Waals surface area contributed by atoms with Gasteiger partial charge in [0, 0.05) is 11.3 Å². The number of carbonyl (C=O) groups is 1. The zero-order chi connectivity index (χ0) is 22.9. The lowest BCUT2D eigenvalue weighted by atomic mass is 10.1. The summed E-state index contributed by atoms with van der Waals surface area (Å²) < 4.78 is 40.6. The average Bonchev–Trinajstić information content (AvgIpc) is 3.24. The second-order valence-corrected chi connectivity index (χ2v) is 10.9. The van der Waals surface area contributed by atoms with Gasteiger partial charge in [-0.2, -0.15) is 4.99 Å². The number of aliphatic imine (C=N–C) groups is 1. The first kappa shape index (κ1) is 22.5. The lowest BCUT2D eigenvalue weighted by molar-refractivity contribution is -0.117. The Bertz CT molecular complexity index is 1150. The van der Waals surface area contributed by atoms with Gasteiger partial charge in [-0.05, 0) is 29.8 Å². The fraction of sp³-hybridized carbons (Fsp3) is 0.364. The number of thioether (sulfide) groups is 1. The first-order chi connectivity index (χ1) is 15.3. The van der Waals surface area contributed by atoms with Crippen LogP contribution in [-0.2, 0) is 21.1 Å². The van der Waals surface area contributed by atoms with Crippen molar-refractivity contribution in [3.8, 4) is 17.2 Å². The first-order valence-corrected chi connectivity index (χ1v) is 12.7. The first-order valence-electron chi connectivity index (χ1n) is 9.96. The minimum absolute atomic E-state index is 0.00325. The Morgan fingerprint density at radius 3 is 2.38 bits per heavy atom. The molecule has 2 saturated heterocycles. The van der Waals surface area contributed by atoms with E-state index in [0.29, 0.717) is 28.1 Å². The zero-order valence-corrected chi connectivity index (χ0v) is 19.6. The van der Waals surface area contributed by atoms with Crippen LogP contribution < -0.4 is 19.1 Å². The predicted octanol–water partition coefficient (Wildman–Crippen LogP) is 2.56. The second kappa shape index (κ2) is 9.03. The lowest BCUT2D eigenvalue weighted by Gasteiger charge is -2.26. The Balaban J connectivity index is 1.68. The summed E-state index contributed by atoms with van der Waals surface area (Å²) in [6, 6.07) is 12.2. The van der Waals surface area contributed by atoms with Gasteiger partial charge in [-0.15, -0.1) is 0 Å². The molecule has 2 aliphatic heterocycles. The van der Waals surface area contributed by atoms with E-state index >= 15 is 0 Å². The number of hydrogen-bond acceptors (Lipinski definition) is 7. The average molecular weight is 477 g/mol. The van der Waals surface area contributed by atoms with Crippen molar-refractivity contribution >= 4 is 38.4 Å². The standard InChI is InChI=1S/C22H24N2O6S2/c1-28-15-6-4-14(5-7-15)10-21(25)23-22-24(18-12-32(26,27)13-20(18)31-22)17-11-16(29-2)8-9-19(17)30-3/h4-9,11,18,20H,10,12-13H2,1-3H3/t18-,20+/m0/s1. The molecule has 1 amide bonds. The van der Waals surface area contributed by atoms with Crippen LogP contribution in [0, 0.1) is 0 Å². The van der Waals surface area contributed by atoms with Crippen molar-refractivity contribution in [1.29, 1.82) is 0 Å². The largest absolute Gasteiger partial charge is 0.497 e. The van der Waals surface area contributed by atoms with Crippen LogP contribution in [0.3, 0.4) is 0 Å². The fourth-order valence-corrected chi connectivity index (χ4v) is 7.82. The second-order valence-electron chi connectivity index (χ2n) is 7.52. The van der Waals surface area contributed by atoms with E-state index in [-0.39, 0.29) is 35.1 Å². The summed E-state index contributed by atoms with van der Waals surface area (Å²) in [7, 11) is 1.51. The molecule has 2 heterocycles. The van der Waals surface area contributed by atoms with Gasteiger partial charge in [0.05, 0.1) is 51.0 Å².